The molecule has 1 N–H and O–H groups in total. The van der Waals surface area contributed by atoms with Crippen molar-refractivity contribution in [2.45, 2.75) is 6.54 Å². The summed E-state index contributed by atoms with van der Waals surface area (Å²) in [5.41, 5.74) is 1.23. The van der Waals surface area contributed by atoms with Crippen LogP contribution in [0.4, 0.5) is 5.13 Å². The van der Waals surface area contributed by atoms with Gasteiger partial charge in [0.05, 0.1) is 12.1 Å². The lowest BCUT2D eigenvalue weighted by molar-refractivity contribution is 0.102. The number of nitrogens with one attached hydrogen (secondary N) is 1. The van der Waals surface area contributed by atoms with Crippen molar-refractivity contribution in [1.29, 1.82) is 0 Å². The molecule has 5 nitrogen and oxygen atoms in total. The van der Waals surface area contributed by atoms with Crippen molar-refractivity contribution in [2.24, 2.45) is 0 Å². The highest BCUT2D eigenvalue weighted by atomic mass is 79.9. The zero-order valence-corrected chi connectivity index (χ0v) is 14.3. The number of carbonyl (C=O) groups is 1. The summed E-state index contributed by atoms with van der Waals surface area (Å²) in [6, 6.07) is 10.6. The third-order valence-corrected chi connectivity index (χ3v) is 4.32. The van der Waals surface area contributed by atoms with Crippen molar-refractivity contribution in [1.82, 2.24) is 9.55 Å². The smallest absolute Gasteiger partial charge is 0.258 e. The molecule has 116 valence electrons. The van der Waals surface area contributed by atoms with E-state index in [-0.39, 0.29) is 11.5 Å². The maximum atomic E-state index is 12.2. The maximum absolute atomic E-state index is 12.2. The van der Waals surface area contributed by atoms with Gasteiger partial charge in [0.15, 0.2) is 5.13 Å². The molecule has 3 aromatic rings. The monoisotopic (exact) mass is 389 g/mol. The number of aromatic nitrogens is 2. The molecule has 0 saturated carbocycles. The molecule has 3 rings (SSSR count). The summed E-state index contributed by atoms with van der Waals surface area (Å²) in [6.07, 6.45) is 3.18. The van der Waals surface area contributed by atoms with Crippen LogP contribution < -0.4 is 10.9 Å². The summed E-state index contributed by atoms with van der Waals surface area (Å²) >= 11 is 4.75. The molecular formula is C16H12BrN3O2S. The van der Waals surface area contributed by atoms with Gasteiger partial charge in [-0.05, 0) is 23.8 Å². The first-order chi connectivity index (χ1) is 11.1. The second kappa shape index (κ2) is 6.89. The Kier molecular flexibility index (Phi) is 4.68. The second-order valence-corrected chi connectivity index (χ2v) is 6.62. The number of rotatable bonds is 4. The predicted octanol–water partition coefficient (Wildman–Crippen LogP) is 3.37. The minimum Gasteiger partial charge on any atom is -0.310 e. The lowest BCUT2D eigenvalue weighted by Gasteiger charge is -2.08. The van der Waals surface area contributed by atoms with E-state index in [2.05, 4.69) is 26.2 Å². The highest BCUT2D eigenvalue weighted by molar-refractivity contribution is 9.10. The van der Waals surface area contributed by atoms with E-state index in [9.17, 15) is 9.59 Å². The zero-order valence-electron chi connectivity index (χ0n) is 11.9. The number of benzene rings is 1. The quantitative estimate of drug-likeness (QED) is 0.743. The molecule has 0 bridgehead atoms. The summed E-state index contributed by atoms with van der Waals surface area (Å²) < 4.78 is 2.46. The molecule has 0 radical (unpaired) electrons. The Hall–Kier alpha value is -2.25. The van der Waals surface area contributed by atoms with E-state index in [4.69, 9.17) is 0 Å². The van der Waals surface area contributed by atoms with Crippen molar-refractivity contribution in [3.8, 4) is 0 Å². The van der Waals surface area contributed by atoms with Gasteiger partial charge in [-0.1, -0.05) is 28.1 Å². The van der Waals surface area contributed by atoms with Gasteiger partial charge < -0.3 is 4.57 Å². The standard InChI is InChI=1S/C16H12BrN3O2S/c17-13-3-1-2-11(8-13)9-20-10-12(4-5-14(20)21)15(22)19-16-18-6-7-23-16/h1-8,10H,9H2,(H,18,19,22). The molecule has 0 saturated heterocycles. The summed E-state index contributed by atoms with van der Waals surface area (Å²) in [7, 11) is 0. The minimum atomic E-state index is -0.289. The molecule has 1 amide bonds. The molecule has 1 aromatic carbocycles. The van der Waals surface area contributed by atoms with E-state index in [1.807, 2.05) is 24.3 Å². The van der Waals surface area contributed by atoms with Crippen LogP contribution in [0.25, 0.3) is 0 Å². The Morgan fingerprint density at radius 2 is 2.17 bits per heavy atom. The number of hydrogen-bond acceptors (Lipinski definition) is 4. The molecule has 0 spiro atoms. The highest BCUT2D eigenvalue weighted by Gasteiger charge is 2.09. The van der Waals surface area contributed by atoms with Crippen LogP contribution in [0.1, 0.15) is 15.9 Å². The molecule has 0 aliphatic rings. The first kappa shape index (κ1) is 15.6. The molecule has 0 unspecified atom stereocenters. The van der Waals surface area contributed by atoms with Crippen LogP contribution in [0.2, 0.25) is 0 Å². The van der Waals surface area contributed by atoms with Gasteiger partial charge in [-0.15, -0.1) is 11.3 Å². The molecule has 0 fully saturated rings. The lowest BCUT2D eigenvalue weighted by atomic mass is 10.2. The molecule has 0 aliphatic heterocycles. The van der Waals surface area contributed by atoms with Gasteiger partial charge >= 0.3 is 0 Å². The Morgan fingerprint density at radius 3 is 2.91 bits per heavy atom. The van der Waals surface area contributed by atoms with E-state index in [0.29, 0.717) is 17.2 Å². The largest absolute Gasteiger partial charge is 0.310 e. The average molecular weight is 390 g/mol. The Bertz CT molecular complexity index is 890. The number of pyridine rings is 1. The number of amides is 1. The van der Waals surface area contributed by atoms with Crippen molar-refractivity contribution in [2.75, 3.05) is 5.32 Å². The summed E-state index contributed by atoms with van der Waals surface area (Å²) in [6.45, 7) is 0.399. The van der Waals surface area contributed by atoms with Crippen LogP contribution in [0, 0.1) is 0 Å². The molecule has 0 atom stereocenters. The first-order valence-electron chi connectivity index (χ1n) is 6.77. The number of nitrogens with zero attached hydrogens (tertiary/aromatic N) is 2. The number of anilines is 1. The second-order valence-electron chi connectivity index (χ2n) is 4.81. The number of halogens is 1. The minimum absolute atomic E-state index is 0.157. The van der Waals surface area contributed by atoms with E-state index in [1.54, 1.807) is 17.8 Å². The summed E-state index contributed by atoms with van der Waals surface area (Å²) in [5.74, 6) is -0.289. The number of carbonyl (C=O) groups excluding carboxylic acids is 1. The molecule has 2 aromatic heterocycles. The van der Waals surface area contributed by atoms with Crippen molar-refractivity contribution < 1.29 is 4.79 Å². The van der Waals surface area contributed by atoms with Gasteiger partial charge in [-0.2, -0.15) is 0 Å². The van der Waals surface area contributed by atoms with E-state index in [1.165, 1.54) is 28.0 Å². The Balaban J connectivity index is 1.84. The normalized spacial score (nSPS) is 10.5. The van der Waals surface area contributed by atoms with Gasteiger partial charge in [0.2, 0.25) is 0 Å². The fourth-order valence-electron chi connectivity index (χ4n) is 2.08. The fourth-order valence-corrected chi connectivity index (χ4v) is 3.05. The van der Waals surface area contributed by atoms with Gasteiger partial charge in [-0.3, -0.25) is 14.9 Å². The third-order valence-electron chi connectivity index (χ3n) is 3.14. The molecule has 2 heterocycles. The molecule has 0 aliphatic carbocycles. The van der Waals surface area contributed by atoms with E-state index < -0.39 is 0 Å². The summed E-state index contributed by atoms with van der Waals surface area (Å²) in [4.78, 5) is 28.2. The molecule has 7 heteroatoms. The molecular weight excluding hydrogens is 378 g/mol. The average Bonchev–Trinajstić information content (AvgIpc) is 3.02. The van der Waals surface area contributed by atoms with Crippen LogP contribution in [0.3, 0.4) is 0 Å². The van der Waals surface area contributed by atoms with Crippen molar-refractivity contribution in [3.63, 3.8) is 0 Å². The van der Waals surface area contributed by atoms with Gasteiger partial charge in [0.1, 0.15) is 0 Å². The predicted molar refractivity (Wildman–Crippen MR) is 94.0 cm³/mol. The fraction of sp³-hybridized carbons (Fsp3) is 0.0625. The summed E-state index contributed by atoms with van der Waals surface area (Å²) in [5, 5.41) is 5.01. The Labute approximate surface area is 144 Å². The highest BCUT2D eigenvalue weighted by Crippen LogP contribution is 2.14. The zero-order chi connectivity index (χ0) is 16.2. The van der Waals surface area contributed by atoms with Gasteiger partial charge in [0.25, 0.3) is 11.5 Å². The Morgan fingerprint density at radius 1 is 1.30 bits per heavy atom. The number of thiazole rings is 1. The van der Waals surface area contributed by atoms with Crippen LogP contribution >= 0.6 is 27.3 Å². The SMILES string of the molecule is O=C(Nc1nccs1)c1ccc(=O)n(Cc2cccc(Br)c2)c1. The topological polar surface area (TPSA) is 64.0 Å². The van der Waals surface area contributed by atoms with Gasteiger partial charge in [-0.25, -0.2) is 4.98 Å². The van der Waals surface area contributed by atoms with E-state index in [0.717, 1.165) is 10.0 Å². The first-order valence-corrected chi connectivity index (χ1v) is 8.45. The van der Waals surface area contributed by atoms with Crippen LogP contribution in [0.5, 0.6) is 0 Å². The van der Waals surface area contributed by atoms with Crippen LogP contribution in [-0.4, -0.2) is 15.5 Å². The number of hydrogen-bond donors (Lipinski definition) is 1. The third kappa shape index (κ3) is 3.94. The van der Waals surface area contributed by atoms with Crippen LogP contribution in [0.15, 0.2) is 63.4 Å². The lowest BCUT2D eigenvalue weighted by Crippen LogP contribution is -2.22. The van der Waals surface area contributed by atoms with Crippen LogP contribution in [-0.2, 0) is 6.54 Å². The van der Waals surface area contributed by atoms with Gasteiger partial charge in [0, 0.05) is 28.3 Å². The maximum Gasteiger partial charge on any atom is 0.258 e. The molecule has 23 heavy (non-hydrogen) atoms. The van der Waals surface area contributed by atoms with Crippen molar-refractivity contribution in [3.05, 3.63) is 80.1 Å². The van der Waals surface area contributed by atoms with Crippen molar-refractivity contribution >= 4 is 38.3 Å². The van der Waals surface area contributed by atoms with E-state index >= 15 is 0 Å².